The number of hydrogen-bond acceptors (Lipinski definition) is 3. The van der Waals surface area contributed by atoms with Crippen LogP contribution in [0.5, 0.6) is 0 Å². The molecule has 0 radical (unpaired) electrons. The second kappa shape index (κ2) is 4.74. The molecule has 0 unspecified atom stereocenters. The fourth-order valence-electron chi connectivity index (χ4n) is 1.79. The van der Waals surface area contributed by atoms with Crippen LogP contribution in [-0.4, -0.2) is 9.91 Å². The first-order chi connectivity index (χ1) is 8.49. The number of benzene rings is 1. The summed E-state index contributed by atoms with van der Waals surface area (Å²) in [6.07, 6.45) is 0. The van der Waals surface area contributed by atoms with E-state index >= 15 is 0 Å². The lowest BCUT2D eigenvalue weighted by atomic mass is 10.0. The van der Waals surface area contributed by atoms with Crippen LogP contribution in [0.4, 0.5) is 5.69 Å². The molecule has 2 rings (SSSR count). The van der Waals surface area contributed by atoms with Gasteiger partial charge < -0.3 is 0 Å². The third kappa shape index (κ3) is 2.33. The van der Waals surface area contributed by atoms with Gasteiger partial charge in [0.05, 0.1) is 4.92 Å². The minimum absolute atomic E-state index is 0.0671. The molecule has 2 aromatic rings. The number of halogens is 1. The minimum Gasteiger partial charge on any atom is -0.258 e. The van der Waals surface area contributed by atoms with E-state index < -0.39 is 4.92 Å². The van der Waals surface area contributed by atoms with Gasteiger partial charge in [-0.3, -0.25) is 10.1 Å². The van der Waals surface area contributed by atoms with Gasteiger partial charge in [-0.1, -0.05) is 23.7 Å². The summed E-state index contributed by atoms with van der Waals surface area (Å²) in [5.41, 5.74) is 3.32. The number of non-ortho nitro benzene ring substituents is 1. The number of aromatic nitrogens is 1. The quantitative estimate of drug-likeness (QED) is 0.468. The molecule has 0 amide bonds. The average Bonchev–Trinajstić information content (AvgIpc) is 2.34. The molecule has 4 nitrogen and oxygen atoms in total. The van der Waals surface area contributed by atoms with Crippen LogP contribution in [0, 0.1) is 24.0 Å². The lowest BCUT2D eigenvalue weighted by molar-refractivity contribution is -0.384. The first-order valence-electron chi connectivity index (χ1n) is 5.37. The zero-order chi connectivity index (χ0) is 13.3. The van der Waals surface area contributed by atoms with Crippen molar-refractivity contribution in [3.8, 4) is 11.1 Å². The van der Waals surface area contributed by atoms with E-state index in [0.717, 1.165) is 22.4 Å². The Morgan fingerprint density at radius 2 is 2.00 bits per heavy atom. The average molecular weight is 263 g/mol. The molecule has 0 saturated carbocycles. The highest BCUT2D eigenvalue weighted by Crippen LogP contribution is 2.30. The van der Waals surface area contributed by atoms with E-state index in [1.54, 1.807) is 6.07 Å². The van der Waals surface area contributed by atoms with E-state index in [0.29, 0.717) is 5.15 Å². The largest absolute Gasteiger partial charge is 0.270 e. The van der Waals surface area contributed by atoms with Crippen LogP contribution in [0.2, 0.25) is 5.15 Å². The summed E-state index contributed by atoms with van der Waals surface area (Å²) in [7, 11) is 0. The zero-order valence-electron chi connectivity index (χ0n) is 9.98. The highest BCUT2D eigenvalue weighted by Gasteiger charge is 2.11. The van der Waals surface area contributed by atoms with Crippen LogP contribution in [0.15, 0.2) is 30.3 Å². The molecular formula is C13H11ClN2O2. The van der Waals surface area contributed by atoms with Crippen molar-refractivity contribution < 1.29 is 4.92 Å². The first kappa shape index (κ1) is 12.5. The summed E-state index contributed by atoms with van der Waals surface area (Å²) in [5.74, 6) is 0. The van der Waals surface area contributed by atoms with E-state index in [4.69, 9.17) is 11.6 Å². The van der Waals surface area contributed by atoms with Gasteiger partial charge in [-0.2, -0.15) is 0 Å². The van der Waals surface area contributed by atoms with Gasteiger partial charge >= 0.3 is 0 Å². The van der Waals surface area contributed by atoms with Crippen molar-refractivity contribution in [3.63, 3.8) is 0 Å². The summed E-state index contributed by atoms with van der Waals surface area (Å²) in [6, 6.07) is 8.37. The molecular weight excluding hydrogens is 252 g/mol. The van der Waals surface area contributed by atoms with Gasteiger partial charge in [0.1, 0.15) is 5.15 Å². The Morgan fingerprint density at radius 1 is 1.28 bits per heavy atom. The number of hydrogen-bond donors (Lipinski definition) is 0. The van der Waals surface area contributed by atoms with E-state index in [-0.39, 0.29) is 5.69 Å². The topological polar surface area (TPSA) is 56.0 Å². The molecule has 92 valence electrons. The van der Waals surface area contributed by atoms with Crippen molar-refractivity contribution in [1.29, 1.82) is 0 Å². The third-order valence-electron chi connectivity index (χ3n) is 2.71. The fourth-order valence-corrected chi connectivity index (χ4v) is 2.02. The monoisotopic (exact) mass is 262 g/mol. The smallest absolute Gasteiger partial charge is 0.258 e. The predicted octanol–water partition coefficient (Wildman–Crippen LogP) is 3.93. The Bertz CT molecular complexity index is 626. The van der Waals surface area contributed by atoms with Crippen molar-refractivity contribution in [3.05, 3.63) is 56.9 Å². The van der Waals surface area contributed by atoms with Gasteiger partial charge in [-0.15, -0.1) is 0 Å². The Labute approximate surface area is 109 Å². The van der Waals surface area contributed by atoms with E-state index in [9.17, 15) is 10.1 Å². The summed E-state index contributed by atoms with van der Waals surface area (Å²) in [4.78, 5) is 14.5. The number of rotatable bonds is 2. The maximum absolute atomic E-state index is 10.8. The maximum Gasteiger partial charge on any atom is 0.270 e. The lowest BCUT2D eigenvalue weighted by Gasteiger charge is -2.08. The number of nitro benzene ring substituents is 1. The van der Waals surface area contributed by atoms with Crippen molar-refractivity contribution in [2.24, 2.45) is 0 Å². The van der Waals surface area contributed by atoms with Crippen LogP contribution >= 0.6 is 11.6 Å². The Hall–Kier alpha value is -1.94. The van der Waals surface area contributed by atoms with Crippen molar-refractivity contribution >= 4 is 17.3 Å². The molecule has 0 bridgehead atoms. The third-order valence-corrected chi connectivity index (χ3v) is 3.08. The van der Waals surface area contributed by atoms with Gasteiger partial charge in [0.15, 0.2) is 0 Å². The molecule has 0 spiro atoms. The normalized spacial score (nSPS) is 10.4. The highest BCUT2D eigenvalue weighted by atomic mass is 35.5. The number of aryl methyl sites for hydroxylation is 1. The van der Waals surface area contributed by atoms with Crippen molar-refractivity contribution in [1.82, 2.24) is 4.98 Å². The maximum atomic E-state index is 10.8. The second-order valence-corrected chi connectivity index (χ2v) is 4.39. The zero-order valence-corrected chi connectivity index (χ0v) is 10.7. The Kier molecular flexibility index (Phi) is 3.30. The SMILES string of the molecule is Cc1cc(-c2cccc([N+](=O)[O-])c2)c(C)c(Cl)n1. The molecule has 0 aliphatic rings. The van der Waals surface area contributed by atoms with E-state index in [1.807, 2.05) is 26.0 Å². The van der Waals surface area contributed by atoms with Crippen molar-refractivity contribution in [2.75, 3.05) is 0 Å². The van der Waals surface area contributed by atoms with Gasteiger partial charge in [-0.25, -0.2) is 4.98 Å². The predicted molar refractivity (Wildman–Crippen MR) is 70.8 cm³/mol. The second-order valence-electron chi connectivity index (χ2n) is 4.03. The molecule has 1 aromatic carbocycles. The molecule has 1 heterocycles. The highest BCUT2D eigenvalue weighted by molar-refractivity contribution is 6.30. The molecule has 0 fully saturated rings. The molecule has 0 N–H and O–H groups in total. The van der Waals surface area contributed by atoms with Gasteiger partial charge in [-0.05, 0) is 36.6 Å². The standard InChI is InChI=1S/C13H11ClN2O2/c1-8-6-12(9(2)13(14)15-8)10-4-3-5-11(7-10)16(17)18/h3-7H,1-2H3. The summed E-state index contributed by atoms with van der Waals surface area (Å²) < 4.78 is 0. The molecule has 0 aliphatic heterocycles. The van der Waals surface area contributed by atoms with Crippen molar-refractivity contribution in [2.45, 2.75) is 13.8 Å². The van der Waals surface area contributed by atoms with Crippen LogP contribution < -0.4 is 0 Å². The van der Waals surface area contributed by atoms with Crippen LogP contribution in [0.3, 0.4) is 0 Å². The number of nitrogens with zero attached hydrogens (tertiary/aromatic N) is 2. The number of pyridine rings is 1. The molecule has 0 aliphatic carbocycles. The number of nitro groups is 1. The fraction of sp³-hybridized carbons (Fsp3) is 0.154. The van der Waals surface area contributed by atoms with Gasteiger partial charge in [0, 0.05) is 17.8 Å². The lowest BCUT2D eigenvalue weighted by Crippen LogP contribution is -1.93. The van der Waals surface area contributed by atoms with Crippen LogP contribution in [0.25, 0.3) is 11.1 Å². The summed E-state index contributed by atoms with van der Waals surface area (Å²) >= 11 is 6.03. The Morgan fingerprint density at radius 3 is 2.67 bits per heavy atom. The first-order valence-corrected chi connectivity index (χ1v) is 5.75. The van der Waals surface area contributed by atoms with E-state index in [2.05, 4.69) is 4.98 Å². The molecule has 5 heteroatoms. The summed E-state index contributed by atoms with van der Waals surface area (Å²) in [6.45, 7) is 3.69. The molecule has 0 saturated heterocycles. The van der Waals surface area contributed by atoms with Gasteiger partial charge in [0.25, 0.3) is 5.69 Å². The van der Waals surface area contributed by atoms with E-state index in [1.165, 1.54) is 12.1 Å². The summed E-state index contributed by atoms with van der Waals surface area (Å²) in [5, 5.41) is 11.2. The van der Waals surface area contributed by atoms with Crippen LogP contribution in [-0.2, 0) is 0 Å². The molecule has 1 aromatic heterocycles. The Balaban J connectivity index is 2.62. The molecule has 18 heavy (non-hydrogen) atoms. The molecule has 0 atom stereocenters. The van der Waals surface area contributed by atoms with Gasteiger partial charge in [0.2, 0.25) is 0 Å². The van der Waals surface area contributed by atoms with Crippen LogP contribution in [0.1, 0.15) is 11.3 Å². The minimum atomic E-state index is -0.408.